The smallest absolute Gasteiger partial charge is 0.457 e. The van der Waals surface area contributed by atoms with Gasteiger partial charge in [-0.1, -0.05) is 0 Å². The Hall–Kier alpha value is -0.950. The van der Waals surface area contributed by atoms with Gasteiger partial charge in [0.2, 0.25) is 0 Å². The number of alkyl halides is 6. The molecule has 0 aliphatic rings. The highest BCUT2D eigenvalue weighted by Crippen LogP contribution is 2.39. The highest BCUT2D eigenvalue weighted by Gasteiger charge is 2.65. The van der Waals surface area contributed by atoms with E-state index < -0.39 is 24.2 Å². The van der Waals surface area contributed by atoms with Gasteiger partial charge in [0.05, 0.1) is 0 Å². The molecule has 0 amide bonds. The first-order chi connectivity index (χ1) is 5.10. The zero-order chi connectivity index (χ0) is 10.2. The van der Waals surface area contributed by atoms with E-state index in [1.165, 1.54) is 0 Å². The molecule has 0 spiro atoms. The highest BCUT2D eigenvalue weighted by molar-refractivity contribution is 5.73. The summed E-state index contributed by atoms with van der Waals surface area (Å²) in [6, 6.07) is 0. The molecule has 1 atom stereocenters. The standard InChI is InChI=1S/C4H2F6O2/c5-1(2(11)12)3(6,7)4(8,9)10/h1H,(H,11,12). The lowest BCUT2D eigenvalue weighted by Gasteiger charge is -2.19. The Kier molecular flexibility index (Phi) is 2.61. The molecule has 0 rings (SSSR count). The van der Waals surface area contributed by atoms with E-state index in [2.05, 4.69) is 0 Å². The normalized spacial score (nSPS) is 15.8. The minimum atomic E-state index is -6.19. The molecule has 0 radical (unpaired) electrons. The van der Waals surface area contributed by atoms with Gasteiger partial charge in [0, 0.05) is 0 Å². The third-order valence-corrected chi connectivity index (χ3v) is 0.913. The predicted octanol–water partition coefficient (Wildman–Crippen LogP) is 1.61. The molecule has 0 saturated heterocycles. The molecule has 0 fully saturated rings. The lowest BCUT2D eigenvalue weighted by Crippen LogP contribution is -2.48. The number of rotatable bonds is 2. The van der Waals surface area contributed by atoms with Crippen LogP contribution in [0, 0.1) is 0 Å². The number of hydrogen-bond acceptors (Lipinski definition) is 1. The molecular weight excluding hydrogens is 194 g/mol. The first-order valence-corrected chi connectivity index (χ1v) is 2.42. The van der Waals surface area contributed by atoms with Gasteiger partial charge in [-0.2, -0.15) is 22.0 Å². The second-order valence-corrected chi connectivity index (χ2v) is 1.82. The summed E-state index contributed by atoms with van der Waals surface area (Å²) < 4.78 is 68.7. The van der Waals surface area contributed by atoms with Crippen molar-refractivity contribution in [2.24, 2.45) is 0 Å². The van der Waals surface area contributed by atoms with E-state index in [0.29, 0.717) is 0 Å². The van der Waals surface area contributed by atoms with Gasteiger partial charge >= 0.3 is 18.1 Å². The predicted molar refractivity (Wildman–Crippen MR) is 23.5 cm³/mol. The summed E-state index contributed by atoms with van der Waals surface area (Å²) in [5, 5.41) is 7.53. The van der Waals surface area contributed by atoms with Crippen LogP contribution in [0.25, 0.3) is 0 Å². The summed E-state index contributed by atoms with van der Waals surface area (Å²) in [5.74, 6) is -8.70. The average Bonchev–Trinajstić information content (AvgIpc) is 1.83. The van der Waals surface area contributed by atoms with Crippen molar-refractivity contribution in [2.45, 2.75) is 18.3 Å². The molecular formula is C4H2F6O2. The Balaban J connectivity index is 4.73. The first kappa shape index (κ1) is 11.0. The molecule has 1 unspecified atom stereocenters. The first-order valence-electron chi connectivity index (χ1n) is 2.42. The van der Waals surface area contributed by atoms with Crippen LogP contribution in [-0.2, 0) is 4.79 Å². The number of halogens is 6. The average molecular weight is 196 g/mol. The maximum atomic E-state index is 11.7. The van der Waals surface area contributed by atoms with Crippen molar-refractivity contribution in [2.75, 3.05) is 0 Å². The van der Waals surface area contributed by atoms with E-state index in [-0.39, 0.29) is 0 Å². The molecule has 0 saturated carbocycles. The van der Waals surface area contributed by atoms with Gasteiger partial charge in [-0.3, -0.25) is 0 Å². The van der Waals surface area contributed by atoms with Crippen molar-refractivity contribution in [1.82, 2.24) is 0 Å². The van der Waals surface area contributed by atoms with Crippen molar-refractivity contribution in [3.8, 4) is 0 Å². The largest absolute Gasteiger partial charge is 0.479 e. The van der Waals surface area contributed by atoms with Crippen molar-refractivity contribution in [1.29, 1.82) is 0 Å². The van der Waals surface area contributed by atoms with Crippen molar-refractivity contribution < 1.29 is 36.2 Å². The lowest BCUT2D eigenvalue weighted by atomic mass is 10.2. The maximum absolute atomic E-state index is 11.7. The number of carboxylic acid groups (broad SMARTS) is 1. The monoisotopic (exact) mass is 196 g/mol. The van der Waals surface area contributed by atoms with Crippen LogP contribution in [0.2, 0.25) is 0 Å². The van der Waals surface area contributed by atoms with Gasteiger partial charge in [-0.25, -0.2) is 9.18 Å². The second-order valence-electron chi connectivity index (χ2n) is 1.82. The molecule has 0 aromatic heterocycles. The van der Waals surface area contributed by atoms with Gasteiger partial charge in [-0.15, -0.1) is 0 Å². The Morgan fingerprint density at radius 3 is 1.58 bits per heavy atom. The minimum absolute atomic E-state index is 2.85. The maximum Gasteiger partial charge on any atom is 0.457 e. The van der Waals surface area contributed by atoms with Gasteiger partial charge in [-0.05, 0) is 0 Å². The Morgan fingerprint density at radius 2 is 1.50 bits per heavy atom. The molecule has 0 aromatic rings. The van der Waals surface area contributed by atoms with E-state index in [0.717, 1.165) is 0 Å². The molecule has 0 aliphatic heterocycles. The van der Waals surface area contributed by atoms with E-state index >= 15 is 0 Å². The van der Waals surface area contributed by atoms with E-state index in [1.807, 2.05) is 0 Å². The zero-order valence-electron chi connectivity index (χ0n) is 5.20. The van der Waals surface area contributed by atoms with Crippen LogP contribution in [0.5, 0.6) is 0 Å². The number of hydrogen-bond donors (Lipinski definition) is 1. The summed E-state index contributed by atoms with van der Waals surface area (Å²) in [6.07, 6.45) is -10.5. The summed E-state index contributed by atoms with van der Waals surface area (Å²) in [7, 11) is 0. The van der Waals surface area contributed by atoms with E-state index in [9.17, 15) is 31.1 Å². The van der Waals surface area contributed by atoms with Crippen molar-refractivity contribution in [3.05, 3.63) is 0 Å². The molecule has 0 aliphatic carbocycles. The topological polar surface area (TPSA) is 37.3 Å². The second kappa shape index (κ2) is 2.83. The van der Waals surface area contributed by atoms with Crippen LogP contribution in [0.4, 0.5) is 26.3 Å². The molecule has 0 aromatic carbocycles. The fourth-order valence-corrected chi connectivity index (χ4v) is 0.299. The van der Waals surface area contributed by atoms with E-state index in [1.54, 1.807) is 0 Å². The minimum Gasteiger partial charge on any atom is -0.479 e. The lowest BCUT2D eigenvalue weighted by molar-refractivity contribution is -0.301. The Labute approximate surface area is 61.8 Å². The van der Waals surface area contributed by atoms with Crippen LogP contribution < -0.4 is 0 Å². The summed E-state index contributed by atoms with van der Waals surface area (Å²) in [5.41, 5.74) is 0. The zero-order valence-corrected chi connectivity index (χ0v) is 5.20. The van der Waals surface area contributed by atoms with Crippen molar-refractivity contribution >= 4 is 5.97 Å². The number of carboxylic acids is 1. The van der Waals surface area contributed by atoms with Crippen LogP contribution in [0.3, 0.4) is 0 Å². The Morgan fingerprint density at radius 1 is 1.17 bits per heavy atom. The van der Waals surface area contributed by atoms with Gasteiger partial charge in [0.1, 0.15) is 0 Å². The highest BCUT2D eigenvalue weighted by atomic mass is 19.4. The fourth-order valence-electron chi connectivity index (χ4n) is 0.299. The van der Waals surface area contributed by atoms with Crippen LogP contribution in [0.15, 0.2) is 0 Å². The quantitative estimate of drug-likeness (QED) is 0.681. The van der Waals surface area contributed by atoms with Crippen LogP contribution in [-0.4, -0.2) is 29.3 Å². The molecule has 1 N–H and O–H groups in total. The third-order valence-electron chi connectivity index (χ3n) is 0.913. The molecule has 0 bridgehead atoms. The van der Waals surface area contributed by atoms with E-state index in [4.69, 9.17) is 5.11 Å². The van der Waals surface area contributed by atoms with Gasteiger partial charge < -0.3 is 5.11 Å². The molecule has 12 heavy (non-hydrogen) atoms. The fraction of sp³-hybridized carbons (Fsp3) is 0.750. The molecule has 2 nitrogen and oxygen atoms in total. The summed E-state index contributed by atoms with van der Waals surface area (Å²) >= 11 is 0. The Bertz CT molecular complexity index is 184. The molecule has 8 heteroatoms. The van der Waals surface area contributed by atoms with Crippen molar-refractivity contribution in [3.63, 3.8) is 0 Å². The van der Waals surface area contributed by atoms with Crippen LogP contribution in [0.1, 0.15) is 0 Å². The van der Waals surface area contributed by atoms with Gasteiger partial charge in [0.25, 0.3) is 6.17 Å². The summed E-state index contributed by atoms with van der Waals surface area (Å²) in [6.45, 7) is 0. The third kappa shape index (κ3) is 1.80. The molecule has 72 valence electrons. The number of aliphatic carboxylic acids is 1. The van der Waals surface area contributed by atoms with Gasteiger partial charge in [0.15, 0.2) is 0 Å². The molecule has 0 heterocycles. The van der Waals surface area contributed by atoms with Crippen LogP contribution >= 0.6 is 0 Å². The number of carbonyl (C=O) groups is 1. The SMILES string of the molecule is O=C(O)C(F)C(F)(F)C(F)(F)F. The summed E-state index contributed by atoms with van der Waals surface area (Å²) in [4.78, 5) is 9.44.